The molecule has 5 heteroatoms. The molecule has 19 heavy (non-hydrogen) atoms. The van der Waals surface area contributed by atoms with E-state index in [9.17, 15) is 4.79 Å². The van der Waals surface area contributed by atoms with Crippen molar-refractivity contribution in [3.63, 3.8) is 0 Å². The van der Waals surface area contributed by atoms with Crippen molar-refractivity contribution in [3.8, 4) is 0 Å². The Morgan fingerprint density at radius 3 is 2.95 bits per heavy atom. The predicted octanol–water partition coefficient (Wildman–Crippen LogP) is 1.06. The average molecular weight is 262 g/mol. The minimum Gasteiger partial charge on any atom is -0.359 e. The smallest absolute Gasteiger partial charge is 0.224 e. The Kier molecular flexibility index (Phi) is 4.37. The first-order chi connectivity index (χ1) is 9.11. The van der Waals surface area contributed by atoms with E-state index in [-0.39, 0.29) is 17.9 Å². The van der Waals surface area contributed by atoms with Crippen LogP contribution < -0.4 is 16.0 Å². The maximum Gasteiger partial charge on any atom is 0.224 e. The molecule has 1 aliphatic rings. The summed E-state index contributed by atoms with van der Waals surface area (Å²) in [5.74, 6) is 1.11. The van der Waals surface area contributed by atoms with E-state index in [2.05, 4.69) is 15.2 Å². The molecule has 1 aromatic heterocycles. The van der Waals surface area contributed by atoms with Gasteiger partial charge in [-0.15, -0.1) is 0 Å². The Hall–Kier alpha value is -1.62. The lowest BCUT2D eigenvalue weighted by Crippen LogP contribution is -2.42. The first-order valence-electron chi connectivity index (χ1n) is 6.80. The van der Waals surface area contributed by atoms with Crippen molar-refractivity contribution in [2.24, 2.45) is 11.7 Å². The summed E-state index contributed by atoms with van der Waals surface area (Å²) in [4.78, 5) is 18.3. The Morgan fingerprint density at radius 1 is 1.58 bits per heavy atom. The molecule has 1 aromatic rings. The molecule has 0 saturated carbocycles. The van der Waals surface area contributed by atoms with E-state index < -0.39 is 0 Å². The van der Waals surface area contributed by atoms with E-state index in [1.165, 1.54) is 0 Å². The summed E-state index contributed by atoms with van der Waals surface area (Å²) in [6.07, 6.45) is 3.80. The number of carbonyl (C=O) groups excluding carboxylic acids is 1. The fourth-order valence-electron chi connectivity index (χ4n) is 2.46. The molecule has 2 atom stereocenters. The predicted molar refractivity (Wildman–Crippen MR) is 75.8 cm³/mol. The fraction of sp³-hybridized carbons (Fsp3) is 0.571. The topological polar surface area (TPSA) is 71.2 Å². The number of pyridine rings is 1. The van der Waals surface area contributed by atoms with Gasteiger partial charge < -0.3 is 16.0 Å². The number of nitrogens with one attached hydrogen (secondary N) is 1. The van der Waals surface area contributed by atoms with E-state index in [0.717, 1.165) is 37.3 Å². The van der Waals surface area contributed by atoms with Crippen LogP contribution in [0.4, 0.5) is 5.82 Å². The van der Waals surface area contributed by atoms with Gasteiger partial charge in [0.2, 0.25) is 5.91 Å². The monoisotopic (exact) mass is 262 g/mol. The maximum absolute atomic E-state index is 11.7. The van der Waals surface area contributed by atoms with Crippen LogP contribution in [0.15, 0.2) is 18.3 Å². The van der Waals surface area contributed by atoms with Crippen LogP contribution in [0.3, 0.4) is 0 Å². The SMILES string of the molecule is CNC(=O)C1CCCN(c2ccc([C@H](C)N)cn2)C1. The van der Waals surface area contributed by atoms with Crippen LogP contribution in [0.1, 0.15) is 31.4 Å². The van der Waals surface area contributed by atoms with Crippen LogP contribution in [0, 0.1) is 5.92 Å². The molecule has 0 bridgehead atoms. The van der Waals surface area contributed by atoms with Crippen molar-refractivity contribution in [2.75, 3.05) is 25.0 Å². The highest BCUT2D eigenvalue weighted by atomic mass is 16.1. The number of nitrogens with zero attached hydrogens (tertiary/aromatic N) is 2. The summed E-state index contributed by atoms with van der Waals surface area (Å²) in [6.45, 7) is 3.64. The van der Waals surface area contributed by atoms with Gasteiger partial charge in [0.1, 0.15) is 5.82 Å². The van der Waals surface area contributed by atoms with Crippen molar-refractivity contribution in [1.82, 2.24) is 10.3 Å². The number of hydrogen-bond acceptors (Lipinski definition) is 4. The third-order valence-electron chi connectivity index (χ3n) is 3.66. The van der Waals surface area contributed by atoms with Gasteiger partial charge in [-0.25, -0.2) is 4.98 Å². The zero-order valence-corrected chi connectivity index (χ0v) is 11.6. The summed E-state index contributed by atoms with van der Waals surface area (Å²) in [5, 5.41) is 2.73. The van der Waals surface area contributed by atoms with Crippen molar-refractivity contribution in [3.05, 3.63) is 23.9 Å². The highest BCUT2D eigenvalue weighted by Gasteiger charge is 2.25. The summed E-state index contributed by atoms with van der Waals surface area (Å²) < 4.78 is 0. The first kappa shape index (κ1) is 13.8. The Bertz CT molecular complexity index is 430. The number of nitrogens with two attached hydrogens (primary N) is 1. The number of piperidine rings is 1. The van der Waals surface area contributed by atoms with Crippen LogP contribution in [0.2, 0.25) is 0 Å². The lowest BCUT2D eigenvalue weighted by atomic mass is 9.97. The third kappa shape index (κ3) is 3.23. The molecular weight excluding hydrogens is 240 g/mol. The van der Waals surface area contributed by atoms with Gasteiger partial charge in [0.25, 0.3) is 0 Å². The molecule has 104 valence electrons. The second-order valence-corrected chi connectivity index (χ2v) is 5.14. The van der Waals surface area contributed by atoms with Gasteiger partial charge in [-0.2, -0.15) is 0 Å². The first-order valence-corrected chi connectivity index (χ1v) is 6.80. The molecule has 0 spiro atoms. The lowest BCUT2D eigenvalue weighted by molar-refractivity contribution is -0.124. The third-order valence-corrected chi connectivity index (χ3v) is 3.66. The number of rotatable bonds is 3. The number of anilines is 1. The Morgan fingerprint density at radius 2 is 2.37 bits per heavy atom. The number of aromatic nitrogens is 1. The van der Waals surface area contributed by atoms with Crippen molar-refractivity contribution in [2.45, 2.75) is 25.8 Å². The molecule has 1 aliphatic heterocycles. The average Bonchev–Trinajstić information content (AvgIpc) is 2.46. The molecule has 2 heterocycles. The zero-order valence-electron chi connectivity index (χ0n) is 11.6. The van der Waals surface area contributed by atoms with Crippen molar-refractivity contribution in [1.29, 1.82) is 0 Å². The van der Waals surface area contributed by atoms with Crippen LogP contribution >= 0.6 is 0 Å². The van der Waals surface area contributed by atoms with E-state index in [1.807, 2.05) is 25.3 Å². The number of carbonyl (C=O) groups is 1. The van der Waals surface area contributed by atoms with Gasteiger partial charge in [-0.05, 0) is 31.4 Å². The van der Waals surface area contributed by atoms with Gasteiger partial charge in [0.05, 0.1) is 5.92 Å². The second kappa shape index (κ2) is 6.02. The van der Waals surface area contributed by atoms with Crippen LogP contribution in [0.5, 0.6) is 0 Å². The number of amides is 1. The van der Waals surface area contributed by atoms with Gasteiger partial charge >= 0.3 is 0 Å². The lowest BCUT2D eigenvalue weighted by Gasteiger charge is -2.32. The van der Waals surface area contributed by atoms with Gasteiger partial charge in [-0.3, -0.25) is 4.79 Å². The van der Waals surface area contributed by atoms with Crippen molar-refractivity contribution >= 4 is 11.7 Å². The van der Waals surface area contributed by atoms with E-state index >= 15 is 0 Å². The van der Waals surface area contributed by atoms with Gasteiger partial charge in [0.15, 0.2) is 0 Å². The summed E-state index contributed by atoms with van der Waals surface area (Å²) in [6, 6.07) is 4.00. The van der Waals surface area contributed by atoms with E-state index in [4.69, 9.17) is 5.73 Å². The molecule has 1 fully saturated rings. The highest BCUT2D eigenvalue weighted by Crippen LogP contribution is 2.22. The van der Waals surface area contributed by atoms with Gasteiger partial charge in [-0.1, -0.05) is 6.07 Å². The molecule has 0 aliphatic carbocycles. The quantitative estimate of drug-likeness (QED) is 0.854. The highest BCUT2D eigenvalue weighted by molar-refractivity contribution is 5.79. The molecule has 2 rings (SSSR count). The standard InChI is InChI=1S/C14H22N4O/c1-10(15)11-5-6-13(17-8-11)18-7-3-4-12(9-18)14(19)16-2/h5-6,8,10,12H,3-4,7,9,15H2,1-2H3,(H,16,19)/t10-,12?/m0/s1. The van der Waals surface area contributed by atoms with Gasteiger partial charge in [0, 0.05) is 32.4 Å². The molecule has 0 radical (unpaired) electrons. The molecular formula is C14H22N4O. The summed E-state index contributed by atoms with van der Waals surface area (Å²) in [7, 11) is 1.69. The number of hydrogen-bond donors (Lipinski definition) is 2. The van der Waals surface area contributed by atoms with Crippen LogP contribution in [-0.2, 0) is 4.79 Å². The van der Waals surface area contributed by atoms with Crippen LogP contribution in [-0.4, -0.2) is 31.0 Å². The molecule has 1 amide bonds. The molecule has 1 saturated heterocycles. The second-order valence-electron chi connectivity index (χ2n) is 5.14. The minimum absolute atomic E-state index is 0.00141. The molecule has 3 N–H and O–H groups in total. The Balaban J connectivity index is 2.06. The summed E-state index contributed by atoms with van der Waals surface area (Å²) >= 11 is 0. The van der Waals surface area contributed by atoms with Crippen LogP contribution in [0.25, 0.3) is 0 Å². The largest absolute Gasteiger partial charge is 0.359 e. The molecule has 5 nitrogen and oxygen atoms in total. The van der Waals surface area contributed by atoms with Crippen molar-refractivity contribution < 1.29 is 4.79 Å². The minimum atomic E-state index is 0.00141. The summed E-state index contributed by atoms with van der Waals surface area (Å²) in [5.41, 5.74) is 6.85. The Labute approximate surface area is 114 Å². The van der Waals surface area contributed by atoms with E-state index in [0.29, 0.717) is 0 Å². The molecule has 1 unspecified atom stereocenters. The van der Waals surface area contributed by atoms with E-state index in [1.54, 1.807) is 7.05 Å². The normalized spacial score (nSPS) is 21.0. The molecule has 0 aromatic carbocycles. The fourth-order valence-corrected chi connectivity index (χ4v) is 2.46. The maximum atomic E-state index is 11.7. The zero-order chi connectivity index (χ0) is 13.8.